The van der Waals surface area contributed by atoms with Gasteiger partial charge in [-0.1, -0.05) is 30.3 Å². The van der Waals surface area contributed by atoms with E-state index >= 15 is 0 Å². The molecule has 0 saturated heterocycles. The molecule has 0 amide bonds. The number of fused-ring (bicyclic) bond motifs is 1. The molecule has 0 aliphatic carbocycles. The monoisotopic (exact) mass is 336 g/mol. The molecule has 9 heteroatoms. The normalized spacial score (nSPS) is 11.0. The third-order valence-electron chi connectivity index (χ3n) is 3.57. The van der Waals surface area contributed by atoms with E-state index < -0.39 is 0 Å². The quantitative estimate of drug-likeness (QED) is 0.590. The number of nitrogens with one attached hydrogen (secondary N) is 1. The molecule has 25 heavy (non-hydrogen) atoms. The van der Waals surface area contributed by atoms with Crippen LogP contribution in [0.2, 0.25) is 0 Å². The lowest BCUT2D eigenvalue weighted by Gasteiger charge is -2.04. The van der Waals surface area contributed by atoms with Crippen LogP contribution < -0.4 is 10.2 Å². The van der Waals surface area contributed by atoms with Crippen molar-refractivity contribution in [2.75, 3.05) is 24.3 Å². The highest BCUT2D eigenvalue weighted by atomic mass is 16.5. The molecule has 4 rings (SSSR count). The maximum Gasteiger partial charge on any atom is 0.265 e. The molecule has 0 aliphatic heterocycles. The van der Waals surface area contributed by atoms with Crippen LogP contribution >= 0.6 is 0 Å². The van der Waals surface area contributed by atoms with Gasteiger partial charge in [-0.05, 0) is 17.3 Å². The molecule has 9 nitrogen and oxygen atoms in total. The lowest BCUT2D eigenvalue weighted by atomic mass is 10.2. The lowest BCUT2D eigenvalue weighted by molar-refractivity contribution is 0.383. The third kappa shape index (κ3) is 2.99. The van der Waals surface area contributed by atoms with Gasteiger partial charge in [0.1, 0.15) is 5.82 Å². The number of nitrogens with zero attached hydrogens (tertiary/aromatic N) is 7. The second kappa shape index (κ2) is 6.19. The first-order valence-electron chi connectivity index (χ1n) is 7.72. The van der Waals surface area contributed by atoms with Crippen molar-refractivity contribution in [3.63, 3.8) is 0 Å². The number of hydrogen-bond acceptors (Lipinski definition) is 8. The molecule has 0 atom stereocenters. The van der Waals surface area contributed by atoms with E-state index in [0.717, 1.165) is 5.56 Å². The highest BCUT2D eigenvalue weighted by molar-refractivity contribution is 5.59. The molecule has 0 unspecified atom stereocenters. The molecule has 3 aromatic heterocycles. The Kier molecular flexibility index (Phi) is 3.73. The maximum atomic E-state index is 5.19. The Balaban J connectivity index is 1.58. The van der Waals surface area contributed by atoms with Crippen LogP contribution in [0.3, 0.4) is 0 Å². The predicted molar refractivity (Wildman–Crippen MR) is 92.2 cm³/mol. The molecule has 4 aromatic rings. The average molecular weight is 336 g/mol. The Morgan fingerprint density at radius 3 is 2.68 bits per heavy atom. The van der Waals surface area contributed by atoms with E-state index in [0.29, 0.717) is 35.7 Å². The van der Waals surface area contributed by atoms with Crippen molar-refractivity contribution in [3.05, 3.63) is 48.4 Å². The number of anilines is 2. The Bertz CT molecular complexity index is 992. The predicted octanol–water partition coefficient (Wildman–Crippen LogP) is 1.85. The van der Waals surface area contributed by atoms with Gasteiger partial charge in [0.25, 0.3) is 5.95 Å². The molecule has 1 aromatic carbocycles. The highest BCUT2D eigenvalue weighted by Crippen LogP contribution is 2.18. The van der Waals surface area contributed by atoms with Crippen LogP contribution in [0.15, 0.2) is 47.0 Å². The summed E-state index contributed by atoms with van der Waals surface area (Å²) in [7, 11) is 3.71. The zero-order chi connectivity index (χ0) is 17.2. The van der Waals surface area contributed by atoms with Crippen molar-refractivity contribution in [2.24, 2.45) is 0 Å². The van der Waals surface area contributed by atoms with E-state index in [1.54, 1.807) is 9.42 Å². The van der Waals surface area contributed by atoms with Crippen molar-refractivity contribution < 1.29 is 4.52 Å². The van der Waals surface area contributed by atoms with E-state index in [9.17, 15) is 0 Å². The molecule has 0 fully saturated rings. The van der Waals surface area contributed by atoms with E-state index in [4.69, 9.17) is 4.52 Å². The number of benzene rings is 1. The van der Waals surface area contributed by atoms with Crippen molar-refractivity contribution in [1.82, 2.24) is 30.0 Å². The summed E-state index contributed by atoms with van der Waals surface area (Å²) in [6.07, 6.45) is 0. The van der Waals surface area contributed by atoms with Crippen LogP contribution in [0.5, 0.6) is 0 Å². The Labute approximate surface area is 143 Å². The molecular formula is C16H16N8O. The molecule has 0 bridgehead atoms. The summed E-state index contributed by atoms with van der Waals surface area (Å²) in [5.74, 6) is 2.36. The van der Waals surface area contributed by atoms with Gasteiger partial charge >= 0.3 is 0 Å². The first kappa shape index (κ1) is 15.1. The van der Waals surface area contributed by atoms with Gasteiger partial charge in [0.2, 0.25) is 5.89 Å². The van der Waals surface area contributed by atoms with Gasteiger partial charge in [-0.2, -0.15) is 9.50 Å². The molecule has 0 radical (unpaired) electrons. The van der Waals surface area contributed by atoms with Gasteiger partial charge < -0.3 is 14.7 Å². The lowest BCUT2D eigenvalue weighted by Crippen LogP contribution is -2.10. The summed E-state index contributed by atoms with van der Waals surface area (Å²) in [6, 6.07) is 13.5. The molecule has 3 heterocycles. The molecular weight excluding hydrogens is 320 g/mol. The van der Waals surface area contributed by atoms with Crippen LogP contribution in [0.4, 0.5) is 11.8 Å². The van der Waals surface area contributed by atoms with Gasteiger partial charge in [0, 0.05) is 19.7 Å². The topological polar surface area (TPSA) is 97.3 Å². The van der Waals surface area contributed by atoms with Crippen LogP contribution in [0.25, 0.3) is 17.0 Å². The number of rotatable bonds is 5. The second-order valence-corrected chi connectivity index (χ2v) is 5.61. The van der Waals surface area contributed by atoms with E-state index in [2.05, 4.69) is 30.8 Å². The molecule has 0 aliphatic rings. The van der Waals surface area contributed by atoms with Crippen LogP contribution in [-0.2, 0) is 6.54 Å². The van der Waals surface area contributed by atoms with Crippen molar-refractivity contribution in [1.29, 1.82) is 0 Å². The minimum atomic E-state index is 0.377. The molecule has 0 spiro atoms. The van der Waals surface area contributed by atoms with Crippen LogP contribution in [-0.4, -0.2) is 44.0 Å². The fraction of sp³-hybridized carbons (Fsp3) is 0.188. The average Bonchev–Trinajstić information content (AvgIpc) is 3.27. The Hall–Kier alpha value is -3.49. The SMILES string of the molecule is CN(C)c1noc(CNc2ccc3nnc(-c4ccccc4)n3n2)n1. The smallest absolute Gasteiger partial charge is 0.265 e. The highest BCUT2D eigenvalue weighted by Gasteiger charge is 2.11. The van der Waals surface area contributed by atoms with Crippen molar-refractivity contribution in [2.45, 2.75) is 6.54 Å². The van der Waals surface area contributed by atoms with Gasteiger partial charge in [-0.25, -0.2) is 0 Å². The fourth-order valence-electron chi connectivity index (χ4n) is 2.32. The largest absolute Gasteiger partial charge is 0.360 e. The Morgan fingerprint density at radius 2 is 1.92 bits per heavy atom. The Morgan fingerprint density at radius 1 is 1.08 bits per heavy atom. The maximum absolute atomic E-state index is 5.19. The van der Waals surface area contributed by atoms with E-state index in [1.165, 1.54) is 0 Å². The molecule has 126 valence electrons. The third-order valence-corrected chi connectivity index (χ3v) is 3.57. The van der Waals surface area contributed by atoms with Crippen molar-refractivity contribution in [3.8, 4) is 11.4 Å². The van der Waals surface area contributed by atoms with Gasteiger partial charge in [-0.3, -0.25) is 0 Å². The van der Waals surface area contributed by atoms with E-state index in [1.807, 2.05) is 56.6 Å². The standard InChI is InChI=1S/C16H16N8O/c1-23(2)16-18-14(25-22-16)10-17-12-8-9-13-19-20-15(24(13)21-12)11-6-4-3-5-7-11/h3-9H,10H2,1-2H3,(H,17,21). The molecule has 0 saturated carbocycles. The number of hydrogen-bond donors (Lipinski definition) is 1. The minimum absolute atomic E-state index is 0.377. The zero-order valence-corrected chi connectivity index (χ0v) is 13.8. The summed E-state index contributed by atoms with van der Waals surface area (Å²) in [5.41, 5.74) is 1.63. The summed E-state index contributed by atoms with van der Waals surface area (Å²) in [5, 5.41) is 20.0. The minimum Gasteiger partial charge on any atom is -0.360 e. The first-order valence-corrected chi connectivity index (χ1v) is 7.72. The van der Waals surface area contributed by atoms with E-state index in [-0.39, 0.29) is 0 Å². The zero-order valence-electron chi connectivity index (χ0n) is 13.8. The van der Waals surface area contributed by atoms with Gasteiger partial charge in [0.15, 0.2) is 11.5 Å². The summed E-state index contributed by atoms with van der Waals surface area (Å²) >= 11 is 0. The summed E-state index contributed by atoms with van der Waals surface area (Å²) in [4.78, 5) is 6.05. The summed E-state index contributed by atoms with van der Waals surface area (Å²) < 4.78 is 6.89. The number of aromatic nitrogens is 6. The van der Waals surface area contributed by atoms with Crippen LogP contribution in [0.1, 0.15) is 5.89 Å². The summed E-state index contributed by atoms with van der Waals surface area (Å²) in [6.45, 7) is 0.377. The van der Waals surface area contributed by atoms with Gasteiger partial charge in [0.05, 0.1) is 6.54 Å². The van der Waals surface area contributed by atoms with Crippen molar-refractivity contribution >= 4 is 17.4 Å². The second-order valence-electron chi connectivity index (χ2n) is 5.61. The van der Waals surface area contributed by atoms with Crippen LogP contribution in [0, 0.1) is 0 Å². The first-order chi connectivity index (χ1) is 12.2. The van der Waals surface area contributed by atoms with Gasteiger partial charge in [-0.15, -0.1) is 15.3 Å². The molecule has 1 N–H and O–H groups in total. The fourth-order valence-corrected chi connectivity index (χ4v) is 2.32.